The predicted molar refractivity (Wildman–Crippen MR) is 136 cm³/mol. The van der Waals surface area contributed by atoms with Crippen molar-refractivity contribution in [2.75, 3.05) is 13.0 Å². The second-order valence-electron chi connectivity index (χ2n) is 9.86. The predicted octanol–water partition coefficient (Wildman–Crippen LogP) is 4.85. The molecule has 1 aliphatic rings. The Morgan fingerprint density at radius 3 is 2.66 bits per heavy atom. The van der Waals surface area contributed by atoms with Crippen LogP contribution in [0.3, 0.4) is 0 Å². The summed E-state index contributed by atoms with van der Waals surface area (Å²) < 4.78 is 5.38. The molecule has 8 heteroatoms. The molecule has 35 heavy (non-hydrogen) atoms. The molecule has 190 valence electrons. The van der Waals surface area contributed by atoms with Crippen molar-refractivity contribution in [3.63, 3.8) is 0 Å². The Labute approximate surface area is 211 Å². The molecular weight excluding hydrogens is 468 g/mol. The standard InChI is InChI=1S/C27H35ClN2O5/c1-16(2)11-18(13-24(32)22-14-19-20(29-22)8-6-10-26(19)35-3)27(34)30-21(25(33)15-28)12-17-7-4-5-9-23(17)31/h6,8,10,14,16-18,21,29H,4-5,7,9,11-13,15H2,1-3H3,(H,30,34)/t17-,18+,21-/m0/s1. The highest BCUT2D eigenvalue weighted by Crippen LogP contribution is 2.28. The van der Waals surface area contributed by atoms with E-state index >= 15 is 0 Å². The molecule has 1 amide bonds. The molecule has 0 radical (unpaired) electrons. The normalized spacial score (nSPS) is 17.9. The van der Waals surface area contributed by atoms with Crippen LogP contribution in [0.4, 0.5) is 0 Å². The minimum atomic E-state index is -0.825. The fourth-order valence-corrected chi connectivity index (χ4v) is 5.07. The molecule has 1 aromatic carbocycles. The van der Waals surface area contributed by atoms with Gasteiger partial charge in [0.25, 0.3) is 0 Å². The molecule has 1 aliphatic carbocycles. The average molecular weight is 503 g/mol. The number of hydrogen-bond acceptors (Lipinski definition) is 5. The fourth-order valence-electron chi connectivity index (χ4n) is 4.88. The Hall–Kier alpha value is -2.67. The highest BCUT2D eigenvalue weighted by atomic mass is 35.5. The summed E-state index contributed by atoms with van der Waals surface area (Å²) in [5.74, 6) is -0.971. The monoisotopic (exact) mass is 502 g/mol. The van der Waals surface area contributed by atoms with E-state index in [1.165, 1.54) is 0 Å². The van der Waals surface area contributed by atoms with Gasteiger partial charge < -0.3 is 15.0 Å². The van der Waals surface area contributed by atoms with Crippen molar-refractivity contribution in [1.82, 2.24) is 10.3 Å². The van der Waals surface area contributed by atoms with Gasteiger partial charge in [-0.1, -0.05) is 26.3 Å². The summed E-state index contributed by atoms with van der Waals surface area (Å²) >= 11 is 5.82. The van der Waals surface area contributed by atoms with Gasteiger partial charge in [0.2, 0.25) is 5.91 Å². The van der Waals surface area contributed by atoms with Crippen LogP contribution < -0.4 is 10.1 Å². The second-order valence-corrected chi connectivity index (χ2v) is 10.1. The zero-order chi connectivity index (χ0) is 25.5. The molecule has 0 unspecified atom stereocenters. The highest BCUT2D eigenvalue weighted by molar-refractivity contribution is 6.28. The van der Waals surface area contributed by atoms with Gasteiger partial charge in [0.1, 0.15) is 11.5 Å². The number of nitrogens with one attached hydrogen (secondary N) is 2. The van der Waals surface area contributed by atoms with Gasteiger partial charge in [0, 0.05) is 35.6 Å². The number of alkyl halides is 1. The van der Waals surface area contributed by atoms with Gasteiger partial charge >= 0.3 is 0 Å². The molecule has 3 atom stereocenters. The van der Waals surface area contributed by atoms with E-state index in [9.17, 15) is 19.2 Å². The zero-order valence-corrected chi connectivity index (χ0v) is 21.5. The van der Waals surface area contributed by atoms with E-state index in [0.717, 1.165) is 30.2 Å². The molecule has 1 saturated carbocycles. The average Bonchev–Trinajstić information content (AvgIpc) is 3.28. The molecule has 1 fully saturated rings. The van der Waals surface area contributed by atoms with E-state index in [4.69, 9.17) is 16.3 Å². The summed E-state index contributed by atoms with van der Waals surface area (Å²) in [7, 11) is 1.58. The molecule has 3 rings (SSSR count). The zero-order valence-electron chi connectivity index (χ0n) is 20.7. The number of halogens is 1. The second kappa shape index (κ2) is 12.3. The van der Waals surface area contributed by atoms with Crippen LogP contribution in [0.2, 0.25) is 0 Å². The lowest BCUT2D eigenvalue weighted by Gasteiger charge is -2.27. The topological polar surface area (TPSA) is 105 Å². The van der Waals surface area contributed by atoms with Crippen molar-refractivity contribution in [3.05, 3.63) is 30.0 Å². The van der Waals surface area contributed by atoms with Crippen molar-refractivity contribution in [3.8, 4) is 5.75 Å². The first-order valence-electron chi connectivity index (χ1n) is 12.3. The number of aromatic amines is 1. The number of rotatable bonds is 12. The molecule has 1 aromatic heterocycles. The van der Waals surface area contributed by atoms with Crippen molar-refractivity contribution >= 4 is 45.8 Å². The molecule has 0 aliphatic heterocycles. The van der Waals surface area contributed by atoms with Crippen LogP contribution in [-0.2, 0) is 14.4 Å². The molecule has 0 bridgehead atoms. The van der Waals surface area contributed by atoms with E-state index < -0.39 is 12.0 Å². The molecule has 2 aromatic rings. The first-order valence-corrected chi connectivity index (χ1v) is 12.9. The Bertz CT molecular complexity index is 1080. The van der Waals surface area contributed by atoms with Crippen molar-refractivity contribution < 1.29 is 23.9 Å². The van der Waals surface area contributed by atoms with Gasteiger partial charge in [-0.3, -0.25) is 19.2 Å². The van der Waals surface area contributed by atoms with Crippen LogP contribution in [0.1, 0.15) is 69.3 Å². The first kappa shape index (κ1) is 26.9. The van der Waals surface area contributed by atoms with Gasteiger partial charge in [0.15, 0.2) is 11.6 Å². The number of benzene rings is 1. The van der Waals surface area contributed by atoms with Gasteiger partial charge in [0.05, 0.1) is 24.7 Å². The SMILES string of the molecule is COc1cccc2[nH]c(C(=O)C[C@@H](CC(C)C)C(=O)N[C@@H](C[C@@H]3CCCCC3=O)C(=O)CCl)cc12. The van der Waals surface area contributed by atoms with E-state index in [0.29, 0.717) is 24.3 Å². The van der Waals surface area contributed by atoms with Gasteiger partial charge in [-0.2, -0.15) is 0 Å². The first-order chi connectivity index (χ1) is 16.7. The molecule has 0 spiro atoms. The summed E-state index contributed by atoms with van der Waals surface area (Å²) in [6.07, 6.45) is 3.80. The van der Waals surface area contributed by atoms with Crippen molar-refractivity contribution in [2.24, 2.45) is 17.8 Å². The molecular formula is C27H35ClN2O5. The van der Waals surface area contributed by atoms with Gasteiger partial charge in [-0.25, -0.2) is 0 Å². The number of aromatic nitrogens is 1. The summed E-state index contributed by atoms with van der Waals surface area (Å²) in [6.45, 7) is 3.97. The van der Waals surface area contributed by atoms with Crippen LogP contribution in [-0.4, -0.2) is 47.3 Å². The Morgan fingerprint density at radius 2 is 2.00 bits per heavy atom. The maximum atomic E-state index is 13.3. The minimum Gasteiger partial charge on any atom is -0.496 e. The van der Waals surface area contributed by atoms with E-state index in [-0.39, 0.29) is 53.8 Å². The van der Waals surface area contributed by atoms with E-state index in [1.807, 2.05) is 32.0 Å². The largest absolute Gasteiger partial charge is 0.496 e. The third kappa shape index (κ3) is 6.94. The summed E-state index contributed by atoms with van der Waals surface area (Å²) in [6, 6.07) is 6.45. The third-order valence-corrected chi connectivity index (χ3v) is 7.00. The maximum absolute atomic E-state index is 13.3. The lowest BCUT2D eigenvalue weighted by atomic mass is 9.82. The number of ether oxygens (including phenoxy) is 1. The third-order valence-electron chi connectivity index (χ3n) is 6.74. The van der Waals surface area contributed by atoms with Crippen LogP contribution >= 0.6 is 11.6 Å². The number of methoxy groups -OCH3 is 1. The van der Waals surface area contributed by atoms with E-state index in [1.54, 1.807) is 13.2 Å². The quantitative estimate of drug-likeness (QED) is 0.318. The summed E-state index contributed by atoms with van der Waals surface area (Å²) in [5, 5.41) is 3.63. The van der Waals surface area contributed by atoms with Gasteiger partial charge in [-0.05, 0) is 49.8 Å². The number of Topliss-reactive ketones (excluding diaryl/α,β-unsaturated/α-hetero) is 3. The Morgan fingerprint density at radius 1 is 1.23 bits per heavy atom. The number of amides is 1. The Kier molecular flexibility index (Phi) is 9.49. The molecule has 0 saturated heterocycles. The van der Waals surface area contributed by atoms with Gasteiger partial charge in [-0.15, -0.1) is 11.6 Å². The number of fused-ring (bicyclic) bond motifs is 1. The highest BCUT2D eigenvalue weighted by Gasteiger charge is 2.32. The van der Waals surface area contributed by atoms with Crippen LogP contribution in [0.15, 0.2) is 24.3 Å². The van der Waals surface area contributed by atoms with E-state index in [2.05, 4.69) is 10.3 Å². The van der Waals surface area contributed by atoms with Crippen LogP contribution in [0.5, 0.6) is 5.75 Å². The van der Waals surface area contributed by atoms with Crippen LogP contribution in [0.25, 0.3) is 10.9 Å². The molecule has 7 nitrogen and oxygen atoms in total. The summed E-state index contributed by atoms with van der Waals surface area (Å²) in [5.41, 5.74) is 1.19. The lowest BCUT2D eigenvalue weighted by molar-refractivity contribution is -0.131. The van der Waals surface area contributed by atoms with Crippen molar-refractivity contribution in [1.29, 1.82) is 0 Å². The number of ketones is 3. The minimum absolute atomic E-state index is 0.00327. The smallest absolute Gasteiger partial charge is 0.224 e. The molecule has 2 N–H and O–H groups in total. The summed E-state index contributed by atoms with van der Waals surface area (Å²) in [4.78, 5) is 54.4. The number of carbonyl (C=O) groups is 4. The number of H-pyrrole nitrogens is 1. The maximum Gasteiger partial charge on any atom is 0.224 e. The Balaban J connectivity index is 1.75. The van der Waals surface area contributed by atoms with Crippen LogP contribution in [0, 0.1) is 17.8 Å². The molecule has 1 heterocycles. The number of hydrogen-bond donors (Lipinski definition) is 2. The van der Waals surface area contributed by atoms with Crippen molar-refractivity contribution in [2.45, 2.75) is 64.8 Å². The lowest BCUT2D eigenvalue weighted by Crippen LogP contribution is -2.46. The number of carbonyl (C=O) groups excluding carboxylic acids is 4. The fraction of sp³-hybridized carbons (Fsp3) is 0.556.